The maximum absolute atomic E-state index is 14.7. The number of rotatable bonds is 2. The normalized spacial score (nSPS) is 15.3. The molecule has 1 saturated heterocycles. The molecule has 3 aromatic heterocycles. The molecule has 0 bridgehead atoms. The fourth-order valence-electron chi connectivity index (χ4n) is 3.56. The van der Waals surface area contributed by atoms with Crippen LogP contribution in [0.4, 0.5) is 4.39 Å². The number of hydrogen-bond donors (Lipinski definition) is 1. The minimum atomic E-state index is -0.278. The Kier molecular flexibility index (Phi) is 4.84. The minimum Gasteiger partial charge on any atom is -0.317 e. The average molecular weight is 404 g/mol. The first-order valence-electron chi connectivity index (χ1n) is 8.81. The van der Waals surface area contributed by atoms with Crippen molar-refractivity contribution < 1.29 is 4.39 Å². The molecule has 0 spiro atoms. The number of fused-ring (bicyclic) bond motifs is 2. The summed E-state index contributed by atoms with van der Waals surface area (Å²) < 4.78 is 17.3. The predicted octanol–water partition coefficient (Wildman–Crippen LogP) is 4.34. The van der Waals surface area contributed by atoms with Crippen LogP contribution < -0.4 is 5.32 Å². The summed E-state index contributed by atoms with van der Waals surface area (Å²) in [4.78, 5) is 9.23. The van der Waals surface area contributed by atoms with E-state index in [9.17, 15) is 4.39 Å². The summed E-state index contributed by atoms with van der Waals surface area (Å²) in [5, 5.41) is 8.75. The van der Waals surface area contributed by atoms with Crippen molar-refractivity contribution in [2.24, 2.45) is 0 Å². The molecule has 0 aliphatic carbocycles. The van der Waals surface area contributed by atoms with Crippen molar-refractivity contribution in [1.29, 1.82) is 0 Å². The molecule has 4 heterocycles. The van der Waals surface area contributed by atoms with Gasteiger partial charge in [0.2, 0.25) is 0 Å². The molecule has 1 N–H and O–H groups in total. The molecule has 0 radical (unpaired) electrons. The van der Waals surface area contributed by atoms with E-state index < -0.39 is 0 Å². The highest BCUT2D eigenvalue weighted by Crippen LogP contribution is 2.35. The highest BCUT2D eigenvalue weighted by molar-refractivity contribution is 7.18. The summed E-state index contributed by atoms with van der Waals surface area (Å²) in [5.41, 5.74) is 3.67. The van der Waals surface area contributed by atoms with E-state index in [2.05, 4.69) is 20.4 Å². The van der Waals surface area contributed by atoms with Gasteiger partial charge in [0.1, 0.15) is 5.52 Å². The lowest BCUT2D eigenvalue weighted by Gasteiger charge is -2.20. The Labute approximate surface area is 166 Å². The van der Waals surface area contributed by atoms with Gasteiger partial charge >= 0.3 is 0 Å². The molecule has 1 aliphatic rings. The number of hydrogen-bond acceptors (Lipinski definition) is 5. The summed E-state index contributed by atoms with van der Waals surface area (Å²) in [6.07, 6.45) is 3.99. The monoisotopic (exact) mass is 403 g/mol. The van der Waals surface area contributed by atoms with Crippen LogP contribution in [0, 0.1) is 12.7 Å². The lowest BCUT2D eigenvalue weighted by molar-refractivity contribution is 0.459. The quantitative estimate of drug-likeness (QED) is 0.540. The van der Waals surface area contributed by atoms with Crippen molar-refractivity contribution in [3.05, 3.63) is 47.0 Å². The Hall–Kier alpha value is -2.09. The van der Waals surface area contributed by atoms with E-state index >= 15 is 0 Å². The molecule has 5 rings (SSSR count). The van der Waals surface area contributed by atoms with Crippen molar-refractivity contribution >= 4 is 39.6 Å². The van der Waals surface area contributed by atoms with Gasteiger partial charge in [-0.15, -0.1) is 23.7 Å². The Morgan fingerprint density at radius 1 is 1.19 bits per heavy atom. The van der Waals surface area contributed by atoms with Crippen molar-refractivity contribution in [3.8, 4) is 11.3 Å². The number of benzene rings is 1. The van der Waals surface area contributed by atoms with Gasteiger partial charge in [-0.1, -0.05) is 0 Å². The van der Waals surface area contributed by atoms with Gasteiger partial charge in [0.05, 0.1) is 21.1 Å². The van der Waals surface area contributed by atoms with Crippen molar-refractivity contribution in [3.63, 3.8) is 0 Å². The number of nitrogens with zero attached hydrogens (tertiary/aromatic N) is 4. The molecule has 0 saturated carbocycles. The summed E-state index contributed by atoms with van der Waals surface area (Å²) in [6, 6.07) is 7.33. The van der Waals surface area contributed by atoms with Gasteiger partial charge in [0.15, 0.2) is 11.5 Å². The van der Waals surface area contributed by atoms with Crippen molar-refractivity contribution in [2.75, 3.05) is 13.1 Å². The first-order valence-corrected chi connectivity index (χ1v) is 9.63. The second-order valence-corrected chi connectivity index (χ2v) is 7.84. The van der Waals surface area contributed by atoms with Gasteiger partial charge in [-0.3, -0.25) is 0 Å². The molecule has 0 unspecified atom stereocenters. The number of piperidine rings is 1. The van der Waals surface area contributed by atoms with Crippen LogP contribution in [0.5, 0.6) is 0 Å². The van der Waals surface area contributed by atoms with Gasteiger partial charge in [-0.05, 0) is 51.1 Å². The molecule has 5 nitrogen and oxygen atoms in total. The van der Waals surface area contributed by atoms with E-state index in [0.717, 1.165) is 58.2 Å². The van der Waals surface area contributed by atoms with E-state index in [1.54, 1.807) is 15.9 Å². The van der Waals surface area contributed by atoms with E-state index in [-0.39, 0.29) is 18.2 Å². The zero-order valence-electron chi connectivity index (χ0n) is 14.8. The zero-order chi connectivity index (χ0) is 17.7. The molecule has 0 amide bonds. The van der Waals surface area contributed by atoms with E-state index in [0.29, 0.717) is 11.4 Å². The Balaban J connectivity index is 0.00000180. The Morgan fingerprint density at radius 3 is 2.81 bits per heavy atom. The predicted molar refractivity (Wildman–Crippen MR) is 108 cm³/mol. The third-order valence-electron chi connectivity index (χ3n) is 4.90. The van der Waals surface area contributed by atoms with Crippen LogP contribution in [0.3, 0.4) is 0 Å². The smallest absolute Gasteiger partial charge is 0.155 e. The molecule has 4 aromatic rings. The van der Waals surface area contributed by atoms with Crippen LogP contribution in [0.25, 0.3) is 27.1 Å². The molecule has 27 heavy (non-hydrogen) atoms. The first-order chi connectivity index (χ1) is 12.7. The standard InChI is InChI=1S/C19H18FN5S.ClH/c1-11-8-17-22-15(4-7-25(17)24-11)13-9-14(20)18-16(10-13)26-19(23-18)12-2-5-21-6-3-12;/h4,7-10,12,21H,2-3,5-6H2,1H3;1H. The van der Waals surface area contributed by atoms with E-state index in [1.165, 1.54) is 6.07 Å². The van der Waals surface area contributed by atoms with Crippen molar-refractivity contribution in [2.45, 2.75) is 25.7 Å². The highest BCUT2D eigenvalue weighted by Gasteiger charge is 2.20. The third-order valence-corrected chi connectivity index (χ3v) is 6.06. The Morgan fingerprint density at radius 2 is 2.00 bits per heavy atom. The zero-order valence-corrected chi connectivity index (χ0v) is 16.4. The first kappa shape index (κ1) is 18.3. The van der Waals surface area contributed by atoms with Gasteiger partial charge in [-0.25, -0.2) is 18.9 Å². The number of aryl methyl sites for hydroxylation is 1. The molecule has 140 valence electrons. The lowest BCUT2D eigenvalue weighted by atomic mass is 9.99. The van der Waals surface area contributed by atoms with Crippen LogP contribution >= 0.6 is 23.7 Å². The maximum atomic E-state index is 14.7. The number of thiazole rings is 1. The van der Waals surface area contributed by atoms with Gasteiger partial charge < -0.3 is 5.32 Å². The molecule has 1 aromatic carbocycles. The highest BCUT2D eigenvalue weighted by atomic mass is 35.5. The Bertz CT molecular complexity index is 1120. The van der Waals surface area contributed by atoms with Crippen LogP contribution in [0.2, 0.25) is 0 Å². The van der Waals surface area contributed by atoms with Gasteiger partial charge in [-0.2, -0.15) is 5.10 Å². The molecule has 8 heteroatoms. The summed E-state index contributed by atoms with van der Waals surface area (Å²) in [6.45, 7) is 3.94. The van der Waals surface area contributed by atoms with Crippen molar-refractivity contribution in [1.82, 2.24) is 24.9 Å². The number of aromatic nitrogens is 4. The van der Waals surface area contributed by atoms with Crippen LogP contribution in [-0.4, -0.2) is 32.7 Å². The van der Waals surface area contributed by atoms with E-state index in [1.807, 2.05) is 31.3 Å². The van der Waals surface area contributed by atoms with E-state index in [4.69, 9.17) is 0 Å². The summed E-state index contributed by atoms with van der Waals surface area (Å²) in [7, 11) is 0. The van der Waals surface area contributed by atoms with Crippen LogP contribution in [-0.2, 0) is 0 Å². The van der Waals surface area contributed by atoms with Gasteiger partial charge in [0.25, 0.3) is 0 Å². The maximum Gasteiger partial charge on any atom is 0.155 e. The topological polar surface area (TPSA) is 55.1 Å². The fraction of sp³-hybridized carbons (Fsp3) is 0.316. The third kappa shape index (κ3) is 3.31. The molecule has 1 fully saturated rings. The lowest BCUT2D eigenvalue weighted by Crippen LogP contribution is -2.26. The SMILES string of the molecule is Cc1cc2nc(-c3cc(F)c4nc(C5CCNCC5)sc4c3)ccn2n1.Cl. The summed E-state index contributed by atoms with van der Waals surface area (Å²) >= 11 is 1.61. The largest absolute Gasteiger partial charge is 0.317 e. The fourth-order valence-corrected chi connectivity index (χ4v) is 4.75. The molecular formula is C19H19ClFN5S. The number of nitrogens with one attached hydrogen (secondary N) is 1. The average Bonchev–Trinajstić information content (AvgIpc) is 3.24. The second kappa shape index (κ2) is 7.14. The number of halogens is 2. The molecular weight excluding hydrogens is 385 g/mol. The second-order valence-electron chi connectivity index (χ2n) is 6.78. The van der Waals surface area contributed by atoms with Crippen LogP contribution in [0.15, 0.2) is 30.5 Å². The van der Waals surface area contributed by atoms with Gasteiger partial charge in [0, 0.05) is 23.7 Å². The molecule has 1 aliphatic heterocycles. The minimum absolute atomic E-state index is 0. The summed E-state index contributed by atoms with van der Waals surface area (Å²) in [5.74, 6) is 0.154. The molecule has 0 atom stereocenters. The van der Waals surface area contributed by atoms with Crippen LogP contribution in [0.1, 0.15) is 29.5 Å².